The second-order valence-corrected chi connectivity index (χ2v) is 8.47. The number of carbonyl (C=O) groups excluding carboxylic acids is 2. The van der Waals surface area contributed by atoms with Crippen molar-refractivity contribution in [2.24, 2.45) is 0 Å². The average molecular weight is 461 g/mol. The predicted molar refractivity (Wildman–Crippen MR) is 116 cm³/mol. The van der Waals surface area contributed by atoms with Crippen molar-refractivity contribution in [3.63, 3.8) is 0 Å². The molecular weight excluding hydrogens is 444 g/mol. The van der Waals surface area contributed by atoms with Crippen LogP contribution in [-0.4, -0.2) is 31.5 Å². The third-order valence-corrected chi connectivity index (χ3v) is 6.21. The smallest absolute Gasteiger partial charge is 0.390 e. The van der Waals surface area contributed by atoms with Gasteiger partial charge in [-0.05, 0) is 60.4 Å². The molecule has 0 unspecified atom stereocenters. The first-order chi connectivity index (χ1) is 14.9. The molecular formula is C19H17ClN6O4S. The minimum atomic E-state index is -0.735. The summed E-state index contributed by atoms with van der Waals surface area (Å²) in [6.45, 7) is -0.262. The molecule has 2 amide bonds. The fourth-order valence-corrected chi connectivity index (χ4v) is 4.81. The van der Waals surface area contributed by atoms with Crippen molar-refractivity contribution in [2.45, 2.75) is 32.2 Å². The van der Waals surface area contributed by atoms with Crippen LogP contribution in [-0.2, 0) is 24.2 Å². The van der Waals surface area contributed by atoms with E-state index in [9.17, 15) is 19.7 Å². The maximum Gasteiger partial charge on any atom is 0.490 e. The first-order valence-electron chi connectivity index (χ1n) is 9.46. The number of carbonyl (C=O) groups is 2. The average Bonchev–Trinajstić information content (AvgIpc) is 3.34. The van der Waals surface area contributed by atoms with E-state index in [1.165, 1.54) is 11.3 Å². The SMILES string of the molecule is O=C(Cn1cnc([N+](=O)[O-])n1)Nc1sc2c(c1C(=O)Nc1ccc(Cl)cc1)CCCC2. The monoisotopic (exact) mass is 460 g/mol. The standard InChI is InChI=1S/C19H17ClN6O4S/c20-11-5-7-12(8-6-11)22-17(28)16-13-3-1-2-4-14(13)31-18(16)23-15(27)9-25-10-21-19(24-25)26(29)30/h5-8,10H,1-4,9H2,(H,22,28)(H,23,27). The lowest BCUT2D eigenvalue weighted by Crippen LogP contribution is -2.21. The summed E-state index contributed by atoms with van der Waals surface area (Å²) in [7, 11) is 0. The molecule has 0 spiro atoms. The highest BCUT2D eigenvalue weighted by Gasteiger charge is 2.27. The number of halogens is 1. The number of fused-ring (bicyclic) bond motifs is 1. The number of nitrogens with zero attached hydrogens (tertiary/aromatic N) is 4. The van der Waals surface area contributed by atoms with Gasteiger partial charge in [-0.1, -0.05) is 16.6 Å². The van der Waals surface area contributed by atoms with E-state index in [0.29, 0.717) is 21.3 Å². The molecule has 1 aliphatic rings. The van der Waals surface area contributed by atoms with Gasteiger partial charge in [-0.15, -0.1) is 11.3 Å². The third kappa shape index (κ3) is 4.72. The number of rotatable bonds is 6. The van der Waals surface area contributed by atoms with E-state index >= 15 is 0 Å². The molecule has 3 aromatic rings. The number of nitrogens with one attached hydrogen (secondary N) is 2. The molecule has 160 valence electrons. The van der Waals surface area contributed by atoms with Crippen LogP contribution in [0.4, 0.5) is 16.6 Å². The molecule has 0 bridgehead atoms. The van der Waals surface area contributed by atoms with Gasteiger partial charge in [0.05, 0.1) is 5.56 Å². The Morgan fingerprint density at radius 3 is 2.65 bits per heavy atom. The molecule has 1 aliphatic carbocycles. The predicted octanol–water partition coefficient (Wildman–Crippen LogP) is 3.67. The minimum absolute atomic E-state index is 0.262. The number of hydrogen-bond acceptors (Lipinski definition) is 7. The molecule has 0 aliphatic heterocycles. The summed E-state index contributed by atoms with van der Waals surface area (Å²) >= 11 is 7.29. The molecule has 2 N–H and O–H groups in total. The summed E-state index contributed by atoms with van der Waals surface area (Å²) in [5.74, 6) is -1.35. The van der Waals surface area contributed by atoms with E-state index in [2.05, 4.69) is 20.7 Å². The van der Waals surface area contributed by atoms with Crippen LogP contribution < -0.4 is 10.6 Å². The molecule has 31 heavy (non-hydrogen) atoms. The van der Waals surface area contributed by atoms with E-state index in [1.54, 1.807) is 24.3 Å². The highest BCUT2D eigenvalue weighted by atomic mass is 35.5. The van der Waals surface area contributed by atoms with Crippen molar-refractivity contribution in [1.82, 2.24) is 14.8 Å². The van der Waals surface area contributed by atoms with Crippen LogP contribution >= 0.6 is 22.9 Å². The lowest BCUT2D eigenvalue weighted by molar-refractivity contribution is -0.394. The lowest BCUT2D eigenvalue weighted by atomic mass is 9.95. The van der Waals surface area contributed by atoms with Gasteiger partial charge < -0.3 is 20.7 Å². The molecule has 0 radical (unpaired) electrons. The zero-order valence-electron chi connectivity index (χ0n) is 16.1. The molecule has 0 saturated heterocycles. The molecule has 12 heteroatoms. The van der Waals surface area contributed by atoms with Gasteiger partial charge in [-0.25, -0.2) is 0 Å². The molecule has 0 fully saturated rings. The van der Waals surface area contributed by atoms with Gasteiger partial charge in [-0.2, -0.15) is 4.68 Å². The number of amides is 2. The number of nitro groups is 1. The van der Waals surface area contributed by atoms with E-state index < -0.39 is 16.8 Å². The zero-order valence-corrected chi connectivity index (χ0v) is 17.7. The van der Waals surface area contributed by atoms with Crippen LogP contribution in [0.1, 0.15) is 33.6 Å². The van der Waals surface area contributed by atoms with Crippen molar-refractivity contribution < 1.29 is 14.5 Å². The largest absolute Gasteiger partial charge is 0.490 e. The first kappa shape index (κ1) is 20.9. The molecule has 2 aromatic heterocycles. The summed E-state index contributed by atoms with van der Waals surface area (Å²) in [6, 6.07) is 6.77. The van der Waals surface area contributed by atoms with Crippen LogP contribution in [0, 0.1) is 10.1 Å². The van der Waals surface area contributed by atoms with Gasteiger partial charge in [0.15, 0.2) is 0 Å². The normalized spacial score (nSPS) is 12.8. The van der Waals surface area contributed by atoms with Crippen molar-refractivity contribution in [1.29, 1.82) is 0 Å². The molecule has 4 rings (SSSR count). The Morgan fingerprint density at radius 2 is 1.94 bits per heavy atom. The summed E-state index contributed by atoms with van der Waals surface area (Å²) in [5, 5.41) is 21.0. The summed E-state index contributed by atoms with van der Waals surface area (Å²) < 4.78 is 1.08. The van der Waals surface area contributed by atoms with Gasteiger partial charge >= 0.3 is 5.95 Å². The summed E-state index contributed by atoms with van der Waals surface area (Å²) in [5.41, 5.74) is 2.00. The molecule has 2 heterocycles. The van der Waals surface area contributed by atoms with Gasteiger partial charge in [0.2, 0.25) is 12.2 Å². The number of hydrogen-bond donors (Lipinski definition) is 2. The van der Waals surface area contributed by atoms with E-state index in [4.69, 9.17) is 11.6 Å². The van der Waals surface area contributed by atoms with Crippen LogP contribution in [0.15, 0.2) is 30.6 Å². The summed E-state index contributed by atoms with van der Waals surface area (Å²) in [6.07, 6.45) is 4.74. The van der Waals surface area contributed by atoms with E-state index in [1.807, 2.05) is 0 Å². The van der Waals surface area contributed by atoms with E-state index in [0.717, 1.165) is 47.1 Å². The maximum atomic E-state index is 13.1. The van der Waals surface area contributed by atoms with Gasteiger partial charge in [0.25, 0.3) is 5.91 Å². The lowest BCUT2D eigenvalue weighted by Gasteiger charge is -2.13. The fraction of sp³-hybridized carbons (Fsp3) is 0.263. The molecule has 10 nitrogen and oxygen atoms in total. The van der Waals surface area contributed by atoms with E-state index in [-0.39, 0.29) is 12.5 Å². The number of thiophene rings is 1. The van der Waals surface area contributed by atoms with Gasteiger partial charge in [-0.3, -0.25) is 9.59 Å². The van der Waals surface area contributed by atoms with Crippen LogP contribution in [0.5, 0.6) is 0 Å². The molecule has 0 saturated carbocycles. The quantitative estimate of drug-likeness (QED) is 0.426. The molecule has 0 atom stereocenters. The Kier molecular flexibility index (Phi) is 5.96. The van der Waals surface area contributed by atoms with Crippen molar-refractivity contribution in [2.75, 3.05) is 10.6 Å². The van der Waals surface area contributed by atoms with Gasteiger partial charge in [0, 0.05) is 20.7 Å². The van der Waals surface area contributed by atoms with Crippen LogP contribution in [0.25, 0.3) is 0 Å². The number of anilines is 2. The zero-order chi connectivity index (χ0) is 22.0. The highest BCUT2D eigenvalue weighted by Crippen LogP contribution is 2.38. The van der Waals surface area contributed by atoms with Crippen molar-refractivity contribution in [3.8, 4) is 0 Å². The Hall–Kier alpha value is -3.31. The number of aromatic nitrogens is 3. The fourth-order valence-electron chi connectivity index (χ4n) is 3.38. The third-order valence-electron chi connectivity index (χ3n) is 4.75. The highest BCUT2D eigenvalue weighted by molar-refractivity contribution is 7.17. The topological polar surface area (TPSA) is 132 Å². The Bertz CT molecular complexity index is 1160. The first-order valence-corrected chi connectivity index (χ1v) is 10.7. The Labute approximate surface area is 185 Å². The Morgan fingerprint density at radius 1 is 1.19 bits per heavy atom. The Balaban J connectivity index is 1.55. The maximum absolute atomic E-state index is 13.1. The van der Waals surface area contributed by atoms with Crippen molar-refractivity contribution >= 4 is 51.4 Å². The number of benzene rings is 1. The van der Waals surface area contributed by atoms with Crippen LogP contribution in [0.2, 0.25) is 5.02 Å². The number of aryl methyl sites for hydroxylation is 1. The molecule has 1 aromatic carbocycles. The summed E-state index contributed by atoms with van der Waals surface area (Å²) in [4.78, 5) is 40.2. The minimum Gasteiger partial charge on any atom is -0.390 e. The van der Waals surface area contributed by atoms with Crippen LogP contribution in [0.3, 0.4) is 0 Å². The van der Waals surface area contributed by atoms with Gasteiger partial charge in [0.1, 0.15) is 11.5 Å². The second kappa shape index (κ2) is 8.82. The van der Waals surface area contributed by atoms with Crippen molar-refractivity contribution in [3.05, 3.63) is 61.7 Å². The second-order valence-electron chi connectivity index (χ2n) is 6.92.